The van der Waals surface area contributed by atoms with E-state index in [9.17, 15) is 22.9 Å². The lowest BCUT2D eigenvalue weighted by molar-refractivity contribution is 0.102. The van der Waals surface area contributed by atoms with Crippen molar-refractivity contribution in [3.8, 4) is 11.5 Å². The quantitative estimate of drug-likeness (QED) is 0.170. The molecule has 0 saturated carbocycles. The van der Waals surface area contributed by atoms with Crippen LogP contribution in [-0.4, -0.2) is 31.1 Å². The first kappa shape index (κ1) is 26.4. The minimum Gasteiger partial charge on any atom is -0.505 e. The van der Waals surface area contributed by atoms with Gasteiger partial charge in [-0.05, 0) is 48.2 Å². The summed E-state index contributed by atoms with van der Waals surface area (Å²) in [6, 6.07) is 15.3. The highest BCUT2D eigenvalue weighted by atomic mass is 35.5. The molecule has 0 saturated heterocycles. The van der Waals surface area contributed by atoms with Crippen LogP contribution in [0.5, 0.6) is 11.5 Å². The van der Waals surface area contributed by atoms with Crippen LogP contribution >= 0.6 is 23.2 Å². The molecule has 9 nitrogen and oxygen atoms in total. The van der Waals surface area contributed by atoms with E-state index in [2.05, 4.69) is 15.5 Å². The lowest BCUT2D eigenvalue weighted by Crippen LogP contribution is -2.13. The van der Waals surface area contributed by atoms with E-state index in [1.165, 1.54) is 25.3 Å². The second kappa shape index (κ2) is 10.3. The van der Waals surface area contributed by atoms with Crippen molar-refractivity contribution in [2.75, 3.05) is 12.4 Å². The zero-order valence-electron chi connectivity index (χ0n) is 19.4. The van der Waals surface area contributed by atoms with Crippen molar-refractivity contribution in [1.82, 2.24) is 0 Å². The van der Waals surface area contributed by atoms with E-state index in [4.69, 9.17) is 27.9 Å². The van der Waals surface area contributed by atoms with Gasteiger partial charge in [-0.25, -0.2) is 0 Å². The van der Waals surface area contributed by atoms with Crippen LogP contribution in [-0.2, 0) is 10.1 Å². The van der Waals surface area contributed by atoms with Crippen molar-refractivity contribution in [2.45, 2.75) is 11.8 Å². The highest BCUT2D eigenvalue weighted by molar-refractivity contribution is 7.85. The van der Waals surface area contributed by atoms with Gasteiger partial charge in [0, 0.05) is 16.5 Å². The summed E-state index contributed by atoms with van der Waals surface area (Å²) in [5.74, 6) is -0.793. The lowest BCUT2D eigenvalue weighted by Gasteiger charge is -2.13. The SMILES string of the molecule is COc1cc(Cl)ccc1NC(=O)c1cc2ccccc2c(N=Nc2cc(S(=O)(=O)O)cc(C)c2Cl)c1O. The highest BCUT2D eigenvalue weighted by Crippen LogP contribution is 2.41. The molecule has 3 N–H and O–H groups in total. The van der Waals surface area contributed by atoms with E-state index in [0.29, 0.717) is 32.8 Å². The number of aromatic hydroxyl groups is 1. The Kier molecular flexibility index (Phi) is 7.37. The zero-order chi connectivity index (χ0) is 26.9. The largest absolute Gasteiger partial charge is 0.505 e. The van der Waals surface area contributed by atoms with Crippen molar-refractivity contribution in [3.05, 3.63) is 81.8 Å². The number of aryl methyl sites for hydroxylation is 1. The smallest absolute Gasteiger partial charge is 0.294 e. The number of phenolic OH excluding ortho intramolecular Hbond substituents is 1. The summed E-state index contributed by atoms with van der Waals surface area (Å²) in [6.07, 6.45) is 0. The second-order valence-corrected chi connectivity index (χ2v) is 10.1. The summed E-state index contributed by atoms with van der Waals surface area (Å²) in [5.41, 5.74) is 0.469. The number of azo groups is 1. The number of methoxy groups -OCH3 is 1. The molecule has 190 valence electrons. The number of hydrogen-bond acceptors (Lipinski definition) is 7. The summed E-state index contributed by atoms with van der Waals surface area (Å²) in [6.45, 7) is 1.54. The Balaban J connectivity index is 1.82. The molecular weight excluding hydrogens is 541 g/mol. The monoisotopic (exact) mass is 559 g/mol. The first-order valence-corrected chi connectivity index (χ1v) is 12.8. The molecule has 12 heteroatoms. The van der Waals surface area contributed by atoms with E-state index >= 15 is 0 Å². The number of rotatable bonds is 6. The Morgan fingerprint density at radius 2 is 1.76 bits per heavy atom. The maximum Gasteiger partial charge on any atom is 0.294 e. The van der Waals surface area contributed by atoms with Crippen LogP contribution in [0.25, 0.3) is 10.8 Å². The zero-order valence-corrected chi connectivity index (χ0v) is 21.7. The molecule has 0 bridgehead atoms. The van der Waals surface area contributed by atoms with Gasteiger partial charge in [0.2, 0.25) is 0 Å². The molecule has 0 unspecified atom stereocenters. The van der Waals surface area contributed by atoms with Crippen molar-refractivity contribution in [2.24, 2.45) is 10.2 Å². The number of ether oxygens (including phenoxy) is 1. The van der Waals surface area contributed by atoms with Gasteiger partial charge >= 0.3 is 0 Å². The molecule has 4 aromatic carbocycles. The number of fused-ring (bicyclic) bond motifs is 1. The van der Waals surface area contributed by atoms with Crippen LogP contribution in [0.15, 0.2) is 75.8 Å². The molecule has 4 aromatic rings. The van der Waals surface area contributed by atoms with Gasteiger partial charge in [-0.15, -0.1) is 10.2 Å². The number of hydrogen-bond donors (Lipinski definition) is 3. The predicted octanol–water partition coefficient (Wildman–Crippen LogP) is 7.08. The average molecular weight is 560 g/mol. The van der Waals surface area contributed by atoms with Gasteiger partial charge in [-0.3, -0.25) is 9.35 Å². The Morgan fingerprint density at radius 3 is 2.46 bits per heavy atom. The van der Waals surface area contributed by atoms with Crippen molar-refractivity contribution in [1.29, 1.82) is 0 Å². The van der Waals surface area contributed by atoms with Crippen LogP contribution in [0.2, 0.25) is 10.0 Å². The van der Waals surface area contributed by atoms with Crippen LogP contribution in [0.1, 0.15) is 15.9 Å². The maximum absolute atomic E-state index is 13.2. The van der Waals surface area contributed by atoms with E-state index in [1.807, 2.05) is 0 Å². The normalized spacial score (nSPS) is 11.7. The summed E-state index contributed by atoms with van der Waals surface area (Å²) >= 11 is 12.3. The molecule has 0 aliphatic heterocycles. The molecule has 0 fully saturated rings. The molecule has 0 aliphatic rings. The summed E-state index contributed by atoms with van der Waals surface area (Å²) in [4.78, 5) is 12.8. The third kappa shape index (κ3) is 5.52. The number of phenols is 1. The van der Waals surface area contributed by atoms with Crippen LogP contribution < -0.4 is 10.1 Å². The molecule has 0 radical (unpaired) electrons. The van der Waals surface area contributed by atoms with Crippen LogP contribution in [0.3, 0.4) is 0 Å². The van der Waals surface area contributed by atoms with E-state index < -0.39 is 26.7 Å². The topological polar surface area (TPSA) is 138 Å². The van der Waals surface area contributed by atoms with Gasteiger partial charge in [0.15, 0.2) is 5.75 Å². The summed E-state index contributed by atoms with van der Waals surface area (Å²) in [7, 11) is -3.10. The fourth-order valence-corrected chi connectivity index (χ4v) is 4.49. The van der Waals surface area contributed by atoms with E-state index in [0.717, 1.165) is 6.07 Å². The fraction of sp³-hybridized carbons (Fsp3) is 0.0800. The van der Waals surface area contributed by atoms with Crippen molar-refractivity contribution >= 4 is 67.1 Å². The Morgan fingerprint density at radius 1 is 1.03 bits per heavy atom. The maximum atomic E-state index is 13.2. The van der Waals surface area contributed by atoms with Gasteiger partial charge in [0.05, 0.1) is 28.3 Å². The van der Waals surface area contributed by atoms with E-state index in [1.54, 1.807) is 43.3 Å². The molecular formula is C25H19Cl2N3O6S. The Bertz CT molecular complexity index is 1690. The van der Waals surface area contributed by atoms with Crippen LogP contribution in [0, 0.1) is 6.92 Å². The Labute approximate surface area is 222 Å². The van der Waals surface area contributed by atoms with Crippen LogP contribution in [0.4, 0.5) is 17.1 Å². The first-order valence-electron chi connectivity index (χ1n) is 10.6. The number of anilines is 1. The molecule has 4 rings (SSSR count). The number of benzene rings is 4. The van der Waals surface area contributed by atoms with Gasteiger partial charge in [0.1, 0.15) is 17.1 Å². The Hall–Kier alpha value is -3.70. The molecule has 0 aliphatic carbocycles. The molecule has 37 heavy (non-hydrogen) atoms. The third-order valence-corrected chi connectivity index (χ3v) is 6.97. The van der Waals surface area contributed by atoms with Gasteiger partial charge < -0.3 is 15.2 Å². The third-order valence-electron chi connectivity index (χ3n) is 5.42. The predicted molar refractivity (Wildman–Crippen MR) is 142 cm³/mol. The van der Waals surface area contributed by atoms with Gasteiger partial charge in [-0.1, -0.05) is 47.5 Å². The molecule has 0 aromatic heterocycles. The van der Waals surface area contributed by atoms with Gasteiger partial charge in [-0.2, -0.15) is 8.42 Å². The average Bonchev–Trinajstić information content (AvgIpc) is 2.85. The molecule has 1 amide bonds. The first-order chi connectivity index (χ1) is 17.5. The molecule has 0 atom stereocenters. The summed E-state index contributed by atoms with van der Waals surface area (Å²) in [5, 5.41) is 23.5. The number of halogens is 2. The number of carbonyl (C=O) groups excluding carboxylic acids is 1. The number of nitrogens with zero attached hydrogens (tertiary/aromatic N) is 2. The van der Waals surface area contributed by atoms with Crippen molar-refractivity contribution < 1.29 is 27.6 Å². The van der Waals surface area contributed by atoms with E-state index in [-0.39, 0.29) is 22.0 Å². The summed E-state index contributed by atoms with van der Waals surface area (Å²) < 4.78 is 37.9. The number of amides is 1. The fourth-order valence-electron chi connectivity index (χ4n) is 3.59. The highest BCUT2D eigenvalue weighted by Gasteiger charge is 2.20. The number of nitrogens with one attached hydrogen (secondary N) is 1. The standard InChI is InChI=1S/C25H19Cl2N3O6S/c1-13-9-16(37(33,34)35)12-20(22(13)27)29-30-23-17-6-4-3-5-14(17)10-18(24(23)31)25(32)28-19-8-7-15(26)11-21(19)36-2/h3-12,31H,1-2H3,(H,28,32)(H,33,34,35). The number of carbonyl (C=O) groups is 1. The second-order valence-electron chi connectivity index (χ2n) is 7.89. The molecule has 0 heterocycles. The lowest BCUT2D eigenvalue weighted by atomic mass is 10.0. The molecule has 0 spiro atoms. The minimum atomic E-state index is -4.53. The van der Waals surface area contributed by atoms with Crippen molar-refractivity contribution in [3.63, 3.8) is 0 Å². The minimum absolute atomic E-state index is 0.0442. The van der Waals surface area contributed by atoms with Gasteiger partial charge in [0.25, 0.3) is 16.0 Å².